The van der Waals surface area contributed by atoms with Gasteiger partial charge in [0.25, 0.3) is 0 Å². The zero-order valence-electron chi connectivity index (χ0n) is 13.0. The van der Waals surface area contributed by atoms with Crippen LogP contribution in [0.25, 0.3) is 11.4 Å². The van der Waals surface area contributed by atoms with Crippen molar-refractivity contribution in [3.8, 4) is 17.1 Å². The van der Waals surface area contributed by atoms with Gasteiger partial charge in [0.1, 0.15) is 0 Å². The fourth-order valence-electron chi connectivity index (χ4n) is 2.05. The SMILES string of the molecule is O=C(COc1ccccc1F)c1ccc(-c2noc(C(F)(F)F)n2)cc1. The van der Waals surface area contributed by atoms with Crippen molar-refractivity contribution in [2.24, 2.45) is 0 Å². The van der Waals surface area contributed by atoms with Gasteiger partial charge in [-0.05, 0) is 12.1 Å². The molecule has 3 aromatic rings. The van der Waals surface area contributed by atoms with Gasteiger partial charge in [0, 0.05) is 11.1 Å². The number of rotatable bonds is 5. The minimum Gasteiger partial charge on any atom is -0.482 e. The van der Waals surface area contributed by atoms with Crippen LogP contribution in [-0.4, -0.2) is 22.5 Å². The molecule has 0 aliphatic carbocycles. The third-order valence-electron chi connectivity index (χ3n) is 3.33. The second kappa shape index (κ2) is 6.95. The Balaban J connectivity index is 1.68. The largest absolute Gasteiger partial charge is 0.482 e. The number of benzene rings is 2. The summed E-state index contributed by atoms with van der Waals surface area (Å²) in [4.78, 5) is 15.3. The zero-order valence-corrected chi connectivity index (χ0v) is 13.0. The number of para-hydroxylation sites is 1. The molecule has 0 aliphatic heterocycles. The van der Waals surface area contributed by atoms with Gasteiger partial charge >= 0.3 is 12.1 Å². The number of ether oxygens (including phenoxy) is 1. The topological polar surface area (TPSA) is 65.2 Å². The molecule has 9 heteroatoms. The number of aromatic nitrogens is 2. The summed E-state index contributed by atoms with van der Waals surface area (Å²) >= 11 is 0. The lowest BCUT2D eigenvalue weighted by molar-refractivity contribution is -0.159. The second-order valence-corrected chi connectivity index (χ2v) is 5.14. The Bertz CT molecular complexity index is 920. The summed E-state index contributed by atoms with van der Waals surface area (Å²) in [7, 11) is 0. The summed E-state index contributed by atoms with van der Waals surface area (Å²) in [5, 5.41) is 3.26. The maximum absolute atomic E-state index is 13.4. The second-order valence-electron chi connectivity index (χ2n) is 5.14. The number of halogens is 4. The van der Waals surface area contributed by atoms with Crippen LogP contribution < -0.4 is 4.74 Å². The number of hydrogen-bond donors (Lipinski definition) is 0. The molecule has 0 amide bonds. The monoisotopic (exact) mass is 366 g/mol. The lowest BCUT2D eigenvalue weighted by Gasteiger charge is -2.06. The van der Waals surface area contributed by atoms with Crippen LogP contribution in [-0.2, 0) is 6.18 Å². The zero-order chi connectivity index (χ0) is 18.7. The molecule has 0 spiro atoms. The first kappa shape index (κ1) is 17.6. The maximum atomic E-state index is 13.4. The molecule has 26 heavy (non-hydrogen) atoms. The van der Waals surface area contributed by atoms with E-state index in [9.17, 15) is 22.4 Å². The van der Waals surface area contributed by atoms with Crippen LogP contribution in [0.1, 0.15) is 16.2 Å². The third-order valence-corrected chi connectivity index (χ3v) is 3.33. The third kappa shape index (κ3) is 3.88. The lowest BCUT2D eigenvalue weighted by Crippen LogP contribution is -2.12. The highest BCUT2D eigenvalue weighted by molar-refractivity contribution is 5.97. The van der Waals surface area contributed by atoms with Crippen molar-refractivity contribution in [1.82, 2.24) is 10.1 Å². The predicted molar refractivity (Wildman–Crippen MR) is 81.0 cm³/mol. The van der Waals surface area contributed by atoms with Crippen molar-refractivity contribution in [3.63, 3.8) is 0 Å². The Labute approximate surface area is 144 Å². The van der Waals surface area contributed by atoms with Crippen LogP contribution in [0.4, 0.5) is 17.6 Å². The van der Waals surface area contributed by atoms with E-state index < -0.39 is 23.7 Å². The Morgan fingerprint density at radius 1 is 1.08 bits per heavy atom. The van der Waals surface area contributed by atoms with Crippen LogP contribution in [0.2, 0.25) is 0 Å². The van der Waals surface area contributed by atoms with E-state index in [-0.39, 0.29) is 29.3 Å². The van der Waals surface area contributed by atoms with Crippen LogP contribution in [0.3, 0.4) is 0 Å². The van der Waals surface area contributed by atoms with Crippen LogP contribution in [0.15, 0.2) is 53.1 Å². The number of alkyl halides is 3. The molecule has 0 saturated carbocycles. The van der Waals surface area contributed by atoms with E-state index in [4.69, 9.17) is 4.74 Å². The Kier molecular flexibility index (Phi) is 4.70. The molecule has 5 nitrogen and oxygen atoms in total. The van der Waals surface area contributed by atoms with Gasteiger partial charge in [0.05, 0.1) is 0 Å². The average Bonchev–Trinajstić information content (AvgIpc) is 3.11. The van der Waals surface area contributed by atoms with E-state index in [1.807, 2.05) is 0 Å². The number of ketones is 1. The number of nitrogens with zero attached hydrogens (tertiary/aromatic N) is 2. The number of Topliss-reactive ketones (excluding diaryl/α,β-unsaturated/α-hetero) is 1. The summed E-state index contributed by atoms with van der Waals surface area (Å²) in [5.74, 6) is -2.77. The molecule has 134 valence electrons. The van der Waals surface area contributed by atoms with E-state index >= 15 is 0 Å². The van der Waals surface area contributed by atoms with E-state index in [2.05, 4.69) is 14.7 Å². The standard InChI is InChI=1S/C17H10F4N2O3/c18-12-3-1-2-4-14(12)25-9-13(24)10-5-7-11(8-6-10)15-22-16(26-23-15)17(19,20)21/h1-8H,9H2. The van der Waals surface area contributed by atoms with Crippen LogP contribution in [0, 0.1) is 5.82 Å². The van der Waals surface area contributed by atoms with Crippen molar-refractivity contribution < 1.29 is 31.6 Å². The summed E-state index contributed by atoms with van der Waals surface area (Å²) in [6.07, 6.45) is -4.73. The first-order valence-corrected chi connectivity index (χ1v) is 7.26. The highest BCUT2D eigenvalue weighted by atomic mass is 19.4. The van der Waals surface area contributed by atoms with Gasteiger partial charge in [-0.3, -0.25) is 4.79 Å². The van der Waals surface area contributed by atoms with Crippen molar-refractivity contribution >= 4 is 5.78 Å². The van der Waals surface area contributed by atoms with Gasteiger partial charge in [0.2, 0.25) is 5.82 Å². The minimum absolute atomic E-state index is 0.0519. The molecule has 0 bridgehead atoms. The highest BCUT2D eigenvalue weighted by Crippen LogP contribution is 2.29. The summed E-state index contributed by atoms with van der Waals surface area (Å²) < 4.78 is 60.1. The molecule has 0 fully saturated rings. The molecular weight excluding hydrogens is 356 g/mol. The number of carbonyl (C=O) groups excluding carboxylic acids is 1. The number of carbonyl (C=O) groups is 1. The van der Waals surface area contributed by atoms with Crippen molar-refractivity contribution in [3.05, 3.63) is 65.8 Å². The Hall–Kier alpha value is -3.23. The van der Waals surface area contributed by atoms with E-state index in [1.165, 1.54) is 42.5 Å². The molecule has 3 rings (SSSR count). The van der Waals surface area contributed by atoms with Gasteiger partial charge < -0.3 is 9.26 Å². The highest BCUT2D eigenvalue weighted by Gasteiger charge is 2.38. The lowest BCUT2D eigenvalue weighted by atomic mass is 10.1. The van der Waals surface area contributed by atoms with Gasteiger partial charge in [-0.25, -0.2) is 4.39 Å². The van der Waals surface area contributed by atoms with Gasteiger partial charge in [-0.2, -0.15) is 18.2 Å². The molecular formula is C17H10F4N2O3. The van der Waals surface area contributed by atoms with Gasteiger partial charge in [-0.15, -0.1) is 0 Å². The first-order chi connectivity index (χ1) is 12.3. The molecule has 0 aliphatic rings. The minimum atomic E-state index is -4.73. The van der Waals surface area contributed by atoms with E-state index in [1.54, 1.807) is 6.07 Å². The van der Waals surface area contributed by atoms with Gasteiger partial charge in [0.15, 0.2) is 24.0 Å². The molecule has 0 saturated heterocycles. The fourth-order valence-corrected chi connectivity index (χ4v) is 2.05. The Morgan fingerprint density at radius 3 is 2.38 bits per heavy atom. The molecule has 0 N–H and O–H groups in total. The molecule has 1 aromatic heterocycles. The first-order valence-electron chi connectivity index (χ1n) is 7.26. The van der Waals surface area contributed by atoms with Crippen LogP contribution in [0.5, 0.6) is 5.75 Å². The summed E-state index contributed by atoms with van der Waals surface area (Å²) in [5.41, 5.74) is 0.487. The Morgan fingerprint density at radius 2 is 1.77 bits per heavy atom. The average molecular weight is 366 g/mol. The number of hydrogen-bond acceptors (Lipinski definition) is 5. The molecule has 0 atom stereocenters. The maximum Gasteiger partial charge on any atom is 0.471 e. The molecule has 1 heterocycles. The van der Waals surface area contributed by atoms with Crippen LogP contribution >= 0.6 is 0 Å². The molecule has 0 radical (unpaired) electrons. The van der Waals surface area contributed by atoms with Gasteiger partial charge in [-0.1, -0.05) is 41.6 Å². The van der Waals surface area contributed by atoms with Crippen molar-refractivity contribution in [2.45, 2.75) is 6.18 Å². The van der Waals surface area contributed by atoms with E-state index in [0.717, 1.165) is 0 Å². The fraction of sp³-hybridized carbons (Fsp3) is 0.118. The molecule has 0 unspecified atom stereocenters. The normalized spacial score (nSPS) is 11.4. The summed E-state index contributed by atoms with van der Waals surface area (Å²) in [6, 6.07) is 11.2. The smallest absolute Gasteiger partial charge is 0.471 e. The van der Waals surface area contributed by atoms with E-state index in [0.29, 0.717) is 0 Å². The predicted octanol–water partition coefficient (Wildman–Crippen LogP) is 4.16. The summed E-state index contributed by atoms with van der Waals surface area (Å²) in [6.45, 7) is -0.388. The van der Waals surface area contributed by atoms with Crippen molar-refractivity contribution in [1.29, 1.82) is 0 Å². The van der Waals surface area contributed by atoms with Crippen molar-refractivity contribution in [2.75, 3.05) is 6.61 Å². The molecule has 2 aromatic carbocycles. The quantitative estimate of drug-likeness (QED) is 0.501.